The highest BCUT2D eigenvalue weighted by Crippen LogP contribution is 2.43. The fourth-order valence-electron chi connectivity index (χ4n) is 8.29. The number of para-hydroxylation sites is 3. The van der Waals surface area contributed by atoms with E-state index in [9.17, 15) is 0 Å². The molecule has 0 radical (unpaired) electrons. The predicted octanol–water partition coefficient (Wildman–Crippen LogP) is 15.6. The molecule has 11 aromatic rings. The molecular formula is C54H35NO2. The highest BCUT2D eigenvalue weighted by Gasteiger charge is 2.19. The molecule has 0 spiro atoms. The lowest BCUT2D eigenvalue weighted by molar-refractivity contribution is 0.669. The minimum absolute atomic E-state index is 0.887. The number of hydrogen-bond acceptors (Lipinski definition) is 3. The first-order valence-electron chi connectivity index (χ1n) is 19.3. The molecule has 268 valence electrons. The molecule has 0 N–H and O–H groups in total. The van der Waals surface area contributed by atoms with Crippen LogP contribution in [0, 0.1) is 0 Å². The third kappa shape index (κ3) is 5.76. The fourth-order valence-corrected chi connectivity index (χ4v) is 8.29. The summed E-state index contributed by atoms with van der Waals surface area (Å²) in [5, 5.41) is 4.51. The van der Waals surface area contributed by atoms with Gasteiger partial charge in [-0.3, -0.25) is 0 Å². The molecule has 0 aliphatic heterocycles. The van der Waals surface area contributed by atoms with Crippen LogP contribution < -0.4 is 4.90 Å². The summed E-state index contributed by atoms with van der Waals surface area (Å²) in [6.45, 7) is 0. The molecule has 11 rings (SSSR count). The summed E-state index contributed by atoms with van der Waals surface area (Å²) < 4.78 is 12.7. The van der Waals surface area contributed by atoms with Gasteiger partial charge in [-0.1, -0.05) is 152 Å². The monoisotopic (exact) mass is 729 g/mol. The summed E-state index contributed by atoms with van der Waals surface area (Å²) >= 11 is 0. The SMILES string of the molecule is c1ccc(-c2ccccc2N(c2ccc(-c3ccc4c(c3)oc3ccccc34)cc2)c2ccc(-c3ccc4oc5c(-c6ccccc6)cccc5c4c3)cc2)cc1. The van der Waals surface area contributed by atoms with Gasteiger partial charge in [0, 0.05) is 44.0 Å². The number of hydrogen-bond donors (Lipinski definition) is 0. The van der Waals surface area contributed by atoms with Gasteiger partial charge in [0.05, 0.1) is 5.69 Å². The van der Waals surface area contributed by atoms with Gasteiger partial charge in [-0.15, -0.1) is 0 Å². The maximum absolute atomic E-state index is 6.48. The minimum Gasteiger partial charge on any atom is -0.456 e. The first-order chi connectivity index (χ1) is 28.2. The second-order valence-corrected chi connectivity index (χ2v) is 14.5. The molecule has 0 amide bonds. The Hall–Kier alpha value is -7.62. The number of rotatable bonds is 7. The van der Waals surface area contributed by atoms with Gasteiger partial charge in [0.25, 0.3) is 0 Å². The highest BCUT2D eigenvalue weighted by molar-refractivity contribution is 6.11. The van der Waals surface area contributed by atoms with Gasteiger partial charge in [0.15, 0.2) is 0 Å². The van der Waals surface area contributed by atoms with E-state index < -0.39 is 0 Å². The normalized spacial score (nSPS) is 11.5. The first-order valence-corrected chi connectivity index (χ1v) is 19.3. The van der Waals surface area contributed by atoms with Crippen LogP contribution in [-0.4, -0.2) is 0 Å². The minimum atomic E-state index is 0.887. The van der Waals surface area contributed by atoms with Gasteiger partial charge in [-0.2, -0.15) is 0 Å². The van der Waals surface area contributed by atoms with Crippen molar-refractivity contribution >= 4 is 60.9 Å². The van der Waals surface area contributed by atoms with Crippen LogP contribution in [0.3, 0.4) is 0 Å². The zero-order valence-corrected chi connectivity index (χ0v) is 31.0. The fraction of sp³-hybridized carbons (Fsp3) is 0. The average Bonchev–Trinajstić information content (AvgIpc) is 3.85. The van der Waals surface area contributed by atoms with Crippen molar-refractivity contribution in [3.05, 3.63) is 212 Å². The molecule has 3 heteroatoms. The molecule has 3 nitrogen and oxygen atoms in total. The third-order valence-corrected chi connectivity index (χ3v) is 11.1. The molecule has 0 aliphatic rings. The molecule has 0 atom stereocenters. The van der Waals surface area contributed by atoms with Crippen LogP contribution in [0.2, 0.25) is 0 Å². The summed E-state index contributed by atoms with van der Waals surface area (Å²) in [6.07, 6.45) is 0. The highest BCUT2D eigenvalue weighted by atomic mass is 16.3. The van der Waals surface area contributed by atoms with Crippen LogP contribution in [0.5, 0.6) is 0 Å². The molecule has 9 aromatic carbocycles. The van der Waals surface area contributed by atoms with Crippen molar-refractivity contribution in [3.63, 3.8) is 0 Å². The predicted molar refractivity (Wildman–Crippen MR) is 237 cm³/mol. The van der Waals surface area contributed by atoms with Crippen LogP contribution in [-0.2, 0) is 0 Å². The van der Waals surface area contributed by atoms with Crippen LogP contribution in [0.4, 0.5) is 17.1 Å². The lowest BCUT2D eigenvalue weighted by Gasteiger charge is -2.28. The van der Waals surface area contributed by atoms with Crippen LogP contribution >= 0.6 is 0 Å². The third-order valence-electron chi connectivity index (χ3n) is 11.1. The number of benzene rings is 9. The summed E-state index contributed by atoms with van der Waals surface area (Å²) in [6, 6.07) is 75.1. The van der Waals surface area contributed by atoms with Gasteiger partial charge >= 0.3 is 0 Å². The van der Waals surface area contributed by atoms with E-state index in [0.29, 0.717) is 0 Å². The maximum atomic E-state index is 6.48. The number of fused-ring (bicyclic) bond motifs is 6. The Balaban J connectivity index is 0.981. The van der Waals surface area contributed by atoms with Crippen LogP contribution in [0.15, 0.2) is 221 Å². The van der Waals surface area contributed by atoms with Crippen LogP contribution in [0.1, 0.15) is 0 Å². The lowest BCUT2D eigenvalue weighted by atomic mass is 9.99. The molecule has 2 aromatic heterocycles. The summed E-state index contributed by atoms with van der Waals surface area (Å²) in [7, 11) is 0. The van der Waals surface area contributed by atoms with E-state index >= 15 is 0 Å². The molecule has 0 fully saturated rings. The molecule has 2 heterocycles. The molecule has 57 heavy (non-hydrogen) atoms. The smallest absolute Gasteiger partial charge is 0.143 e. The van der Waals surface area contributed by atoms with Gasteiger partial charge in [0.1, 0.15) is 22.3 Å². The van der Waals surface area contributed by atoms with Crippen molar-refractivity contribution in [2.24, 2.45) is 0 Å². The first kappa shape index (κ1) is 32.8. The molecule has 0 unspecified atom stereocenters. The summed E-state index contributed by atoms with van der Waals surface area (Å²) in [5.41, 5.74) is 16.0. The second kappa shape index (κ2) is 13.6. The average molecular weight is 730 g/mol. The Kier molecular flexibility index (Phi) is 7.82. The van der Waals surface area contributed by atoms with E-state index in [4.69, 9.17) is 8.83 Å². The lowest BCUT2D eigenvalue weighted by Crippen LogP contribution is -2.11. The zero-order valence-electron chi connectivity index (χ0n) is 31.0. The van der Waals surface area contributed by atoms with Crippen molar-refractivity contribution < 1.29 is 8.83 Å². The quantitative estimate of drug-likeness (QED) is 0.164. The Bertz CT molecular complexity index is 3210. The molecule has 0 aliphatic carbocycles. The van der Waals surface area contributed by atoms with Gasteiger partial charge < -0.3 is 13.7 Å². The van der Waals surface area contributed by atoms with Crippen molar-refractivity contribution in [2.45, 2.75) is 0 Å². The summed E-state index contributed by atoms with van der Waals surface area (Å²) in [5.74, 6) is 0. The van der Waals surface area contributed by atoms with Gasteiger partial charge in [-0.25, -0.2) is 0 Å². The molecule has 0 saturated carbocycles. The molecule has 0 saturated heterocycles. The Morgan fingerprint density at radius 2 is 0.807 bits per heavy atom. The summed E-state index contributed by atoms with van der Waals surface area (Å²) in [4.78, 5) is 2.36. The van der Waals surface area contributed by atoms with Crippen molar-refractivity contribution in [1.82, 2.24) is 0 Å². The topological polar surface area (TPSA) is 29.5 Å². The Morgan fingerprint density at radius 1 is 0.281 bits per heavy atom. The Morgan fingerprint density at radius 3 is 1.54 bits per heavy atom. The van der Waals surface area contributed by atoms with E-state index in [1.807, 2.05) is 18.2 Å². The largest absolute Gasteiger partial charge is 0.456 e. The van der Waals surface area contributed by atoms with E-state index in [1.165, 1.54) is 5.56 Å². The number of anilines is 3. The van der Waals surface area contributed by atoms with Crippen molar-refractivity contribution in [3.8, 4) is 44.5 Å². The second-order valence-electron chi connectivity index (χ2n) is 14.5. The standard InChI is InChI=1S/C54H35NO2/c1-3-12-38(13-4-1)44-16-7-9-20-50(44)55(43-30-24-37(25-31-43)41-26-32-47-46-17-8-10-21-51(46)56-53(47)35-41)42-28-22-36(23-29-42)40-27-33-52-49(34-40)48-19-11-18-45(54(48)57-52)39-14-5-2-6-15-39/h1-35H. The number of nitrogens with zero attached hydrogens (tertiary/aromatic N) is 1. The van der Waals surface area contributed by atoms with E-state index in [2.05, 4.69) is 199 Å². The zero-order chi connectivity index (χ0) is 37.7. The van der Waals surface area contributed by atoms with Crippen LogP contribution in [0.25, 0.3) is 88.4 Å². The maximum Gasteiger partial charge on any atom is 0.143 e. The van der Waals surface area contributed by atoms with E-state index in [-0.39, 0.29) is 0 Å². The molecule has 0 bridgehead atoms. The molecular weight excluding hydrogens is 695 g/mol. The Labute approximate surface area is 330 Å². The van der Waals surface area contributed by atoms with E-state index in [1.54, 1.807) is 0 Å². The van der Waals surface area contributed by atoms with Crippen molar-refractivity contribution in [1.29, 1.82) is 0 Å². The van der Waals surface area contributed by atoms with Gasteiger partial charge in [-0.05, 0) is 94.0 Å². The van der Waals surface area contributed by atoms with E-state index in [0.717, 1.165) is 99.9 Å². The number of furan rings is 2. The van der Waals surface area contributed by atoms with Crippen molar-refractivity contribution in [2.75, 3.05) is 4.90 Å². The van der Waals surface area contributed by atoms with Gasteiger partial charge in [0.2, 0.25) is 0 Å².